The smallest absolute Gasteiger partial charge is 0.435 e. The molecule has 0 amide bonds. The molecule has 0 saturated carbocycles. The summed E-state index contributed by atoms with van der Waals surface area (Å²) >= 11 is 0. The monoisotopic (exact) mass is 513 g/mol. The van der Waals surface area contributed by atoms with Crippen LogP contribution in [0.15, 0.2) is 61.1 Å². The van der Waals surface area contributed by atoms with Crippen LogP contribution in [0.3, 0.4) is 0 Å². The lowest BCUT2D eigenvalue weighted by Crippen LogP contribution is -2.44. The maximum atomic E-state index is 12.3. The third kappa shape index (κ3) is 5.94. The number of nitrogens with zero attached hydrogens (tertiary/aromatic N) is 6. The van der Waals surface area contributed by atoms with Gasteiger partial charge in [0.1, 0.15) is 11.4 Å². The summed E-state index contributed by atoms with van der Waals surface area (Å²) in [4.78, 5) is 26.5. The van der Waals surface area contributed by atoms with Crippen molar-refractivity contribution in [2.45, 2.75) is 39.3 Å². The number of fused-ring (bicyclic) bond motifs is 1. The Bertz CT molecular complexity index is 1430. The van der Waals surface area contributed by atoms with Gasteiger partial charge in [-0.05, 0) is 70.1 Å². The van der Waals surface area contributed by atoms with Crippen LogP contribution in [0.4, 0.5) is 16.3 Å². The van der Waals surface area contributed by atoms with Crippen LogP contribution >= 0.6 is 0 Å². The average molecular weight is 514 g/mol. The lowest BCUT2D eigenvalue weighted by atomic mass is 10.1. The zero-order chi connectivity index (χ0) is 26.9. The number of aromatic nitrogens is 4. The largest absolute Gasteiger partial charge is 0.442 e. The Morgan fingerprint density at radius 2 is 1.79 bits per heavy atom. The van der Waals surface area contributed by atoms with E-state index in [1.54, 1.807) is 18.6 Å². The molecule has 4 aromatic rings. The average Bonchev–Trinajstić information content (AvgIpc) is 3.39. The van der Waals surface area contributed by atoms with E-state index >= 15 is 0 Å². The Labute approximate surface area is 223 Å². The predicted molar refractivity (Wildman–Crippen MR) is 151 cm³/mol. The molecule has 2 aromatic heterocycles. The van der Waals surface area contributed by atoms with Gasteiger partial charge in [0.2, 0.25) is 0 Å². The molecule has 2 aromatic carbocycles. The van der Waals surface area contributed by atoms with Crippen molar-refractivity contribution in [2.75, 3.05) is 43.4 Å². The van der Waals surface area contributed by atoms with Gasteiger partial charge in [-0.2, -0.15) is 9.78 Å². The van der Waals surface area contributed by atoms with Crippen LogP contribution in [-0.2, 0) is 4.74 Å². The third-order valence-electron chi connectivity index (χ3n) is 6.64. The number of carbonyl (C=O) groups is 1. The van der Waals surface area contributed by atoms with Crippen LogP contribution in [0, 0.1) is 0 Å². The quantitative estimate of drug-likeness (QED) is 0.390. The third-order valence-corrected chi connectivity index (χ3v) is 6.64. The number of rotatable bonds is 5. The number of benzene rings is 2. The zero-order valence-corrected chi connectivity index (χ0v) is 22.7. The second-order valence-corrected chi connectivity index (χ2v) is 10.9. The van der Waals surface area contributed by atoms with Crippen LogP contribution in [-0.4, -0.2) is 69.6 Å². The van der Waals surface area contributed by atoms with Gasteiger partial charge in [-0.25, -0.2) is 9.78 Å². The minimum absolute atomic E-state index is 0.0760. The Morgan fingerprint density at radius 3 is 2.55 bits per heavy atom. The van der Waals surface area contributed by atoms with Gasteiger partial charge in [-0.3, -0.25) is 4.98 Å². The molecule has 0 aliphatic carbocycles. The highest BCUT2D eigenvalue weighted by Gasteiger charge is 2.19. The van der Waals surface area contributed by atoms with Crippen LogP contribution in [0.1, 0.15) is 39.3 Å². The minimum Gasteiger partial charge on any atom is -0.442 e. The Balaban J connectivity index is 1.28. The molecule has 0 radical (unpaired) electrons. The van der Waals surface area contributed by atoms with Crippen molar-refractivity contribution in [3.63, 3.8) is 0 Å². The molecular formula is C29H35N7O2. The molecule has 0 unspecified atom stereocenters. The van der Waals surface area contributed by atoms with Gasteiger partial charge in [0.15, 0.2) is 0 Å². The predicted octanol–water partition coefficient (Wildman–Crippen LogP) is 5.20. The number of ether oxygens (including phenoxy) is 1. The van der Waals surface area contributed by atoms with Gasteiger partial charge >= 0.3 is 6.09 Å². The van der Waals surface area contributed by atoms with Crippen molar-refractivity contribution < 1.29 is 9.53 Å². The summed E-state index contributed by atoms with van der Waals surface area (Å²) in [5, 5.41) is 7.67. The number of nitrogens with one attached hydrogen (secondary N) is 1. The number of piperazine rings is 1. The van der Waals surface area contributed by atoms with E-state index in [4.69, 9.17) is 9.72 Å². The summed E-state index contributed by atoms with van der Waals surface area (Å²) in [6.07, 6.45) is 4.56. The molecule has 1 atom stereocenters. The van der Waals surface area contributed by atoms with Crippen molar-refractivity contribution in [3.05, 3.63) is 66.6 Å². The molecule has 3 heterocycles. The fourth-order valence-corrected chi connectivity index (χ4v) is 4.50. The molecule has 9 heteroatoms. The van der Waals surface area contributed by atoms with Gasteiger partial charge in [-0.15, -0.1) is 0 Å². The lowest BCUT2D eigenvalue weighted by Gasteiger charge is -2.34. The van der Waals surface area contributed by atoms with Crippen molar-refractivity contribution in [2.24, 2.45) is 0 Å². The molecule has 9 nitrogen and oxygen atoms in total. The highest BCUT2D eigenvalue weighted by Crippen LogP contribution is 2.26. The van der Waals surface area contributed by atoms with E-state index in [1.165, 1.54) is 15.9 Å². The van der Waals surface area contributed by atoms with E-state index in [-0.39, 0.29) is 6.04 Å². The van der Waals surface area contributed by atoms with E-state index in [0.717, 1.165) is 54.2 Å². The maximum Gasteiger partial charge on any atom is 0.435 e. The molecule has 198 valence electrons. The minimum atomic E-state index is -0.585. The first-order chi connectivity index (χ1) is 18.1. The summed E-state index contributed by atoms with van der Waals surface area (Å²) in [6, 6.07) is 14.6. The number of hydrogen-bond acceptors (Lipinski definition) is 8. The van der Waals surface area contributed by atoms with Crippen molar-refractivity contribution in [1.82, 2.24) is 24.6 Å². The first-order valence-corrected chi connectivity index (χ1v) is 13.0. The first-order valence-electron chi connectivity index (χ1n) is 13.0. The molecular weight excluding hydrogens is 478 g/mol. The molecule has 1 N–H and O–H groups in total. The van der Waals surface area contributed by atoms with E-state index in [0.29, 0.717) is 0 Å². The molecule has 1 aliphatic rings. The first kappa shape index (κ1) is 25.7. The number of hydrogen-bond donors (Lipinski definition) is 1. The Hall–Kier alpha value is -3.98. The molecule has 5 rings (SSSR count). The SMILES string of the molecule is C[C@@H](Nc1cnc2cc(-c3cnn(C(=O)OC(C)(C)C)c3)ccc2n1)c1cccc(N2CCN(C)CC2)c1. The summed E-state index contributed by atoms with van der Waals surface area (Å²) < 4.78 is 6.60. The molecule has 1 fully saturated rings. The summed E-state index contributed by atoms with van der Waals surface area (Å²) in [5.41, 5.74) is 5.14. The van der Waals surface area contributed by atoms with E-state index < -0.39 is 11.7 Å². The summed E-state index contributed by atoms with van der Waals surface area (Å²) in [5.74, 6) is 0.723. The van der Waals surface area contributed by atoms with Gasteiger partial charge < -0.3 is 19.9 Å². The standard InChI is InChI=1S/C29H35N7O2/c1-20(21-7-6-8-24(15-21)35-13-11-34(5)12-14-35)32-27-18-30-26-16-22(9-10-25(26)33-27)23-17-31-36(19-23)28(37)38-29(2,3)4/h6-10,15-20H,11-14H2,1-5H3,(H,32,33)/t20-/m1/s1. The van der Waals surface area contributed by atoms with E-state index in [9.17, 15) is 4.79 Å². The topological polar surface area (TPSA) is 88.4 Å². The van der Waals surface area contributed by atoms with Crippen LogP contribution in [0.5, 0.6) is 0 Å². The second-order valence-electron chi connectivity index (χ2n) is 10.9. The van der Waals surface area contributed by atoms with E-state index in [1.807, 2.05) is 39.0 Å². The molecule has 38 heavy (non-hydrogen) atoms. The molecule has 1 aliphatic heterocycles. The summed E-state index contributed by atoms with van der Waals surface area (Å²) in [6.45, 7) is 11.9. The van der Waals surface area contributed by atoms with E-state index in [2.05, 4.69) is 63.4 Å². The Kier molecular flexibility index (Phi) is 7.03. The highest BCUT2D eigenvalue weighted by atomic mass is 16.6. The number of anilines is 2. The lowest BCUT2D eigenvalue weighted by molar-refractivity contribution is 0.0514. The van der Waals surface area contributed by atoms with Gasteiger partial charge in [0.05, 0.1) is 29.5 Å². The highest BCUT2D eigenvalue weighted by molar-refractivity contribution is 5.82. The normalized spacial score (nSPS) is 15.4. The van der Waals surface area contributed by atoms with Crippen molar-refractivity contribution >= 4 is 28.6 Å². The van der Waals surface area contributed by atoms with Gasteiger partial charge in [0.25, 0.3) is 0 Å². The fourth-order valence-electron chi connectivity index (χ4n) is 4.50. The number of carbonyl (C=O) groups excluding carboxylic acids is 1. The van der Waals surface area contributed by atoms with Gasteiger partial charge in [-0.1, -0.05) is 18.2 Å². The van der Waals surface area contributed by atoms with Crippen molar-refractivity contribution in [1.29, 1.82) is 0 Å². The van der Waals surface area contributed by atoms with Crippen LogP contribution in [0.25, 0.3) is 22.2 Å². The maximum absolute atomic E-state index is 12.3. The van der Waals surface area contributed by atoms with Crippen LogP contribution in [0.2, 0.25) is 0 Å². The second kappa shape index (κ2) is 10.4. The van der Waals surface area contributed by atoms with Crippen molar-refractivity contribution in [3.8, 4) is 11.1 Å². The Morgan fingerprint density at radius 1 is 1.00 bits per heavy atom. The zero-order valence-electron chi connectivity index (χ0n) is 22.7. The fraction of sp³-hybridized carbons (Fsp3) is 0.379. The summed E-state index contributed by atoms with van der Waals surface area (Å²) in [7, 11) is 2.17. The number of likely N-dealkylation sites (N-methyl/N-ethyl adjacent to an activating group) is 1. The van der Waals surface area contributed by atoms with Crippen LogP contribution < -0.4 is 10.2 Å². The molecule has 0 spiro atoms. The molecule has 1 saturated heterocycles. The van der Waals surface area contributed by atoms with Gasteiger partial charge in [0, 0.05) is 43.6 Å². The molecule has 0 bridgehead atoms.